The maximum Gasteiger partial charge on any atom is 0.115 e. The second-order valence-corrected chi connectivity index (χ2v) is 5.46. The van der Waals surface area contributed by atoms with E-state index in [2.05, 4.69) is 18.3 Å². The molecule has 100 valence electrons. The molecular weight excluding hydrogens is 222 g/mol. The van der Waals surface area contributed by atoms with E-state index in [1.165, 1.54) is 44.1 Å². The van der Waals surface area contributed by atoms with Crippen LogP contribution in [0.5, 0.6) is 5.75 Å². The van der Waals surface area contributed by atoms with Gasteiger partial charge in [-0.15, -0.1) is 0 Å². The van der Waals surface area contributed by atoms with Gasteiger partial charge >= 0.3 is 0 Å². The van der Waals surface area contributed by atoms with Crippen molar-refractivity contribution in [1.82, 2.24) is 5.32 Å². The number of phenols is 1. The third-order valence-corrected chi connectivity index (χ3v) is 4.14. The number of aromatic hydroxyl groups is 1. The van der Waals surface area contributed by atoms with Crippen molar-refractivity contribution in [3.63, 3.8) is 0 Å². The first kappa shape index (κ1) is 13.4. The molecule has 0 radical (unpaired) electrons. The fourth-order valence-electron chi connectivity index (χ4n) is 3.10. The van der Waals surface area contributed by atoms with Gasteiger partial charge in [0.2, 0.25) is 0 Å². The van der Waals surface area contributed by atoms with E-state index in [-0.39, 0.29) is 0 Å². The summed E-state index contributed by atoms with van der Waals surface area (Å²) in [6.07, 6.45) is 8.17. The molecule has 0 aliphatic heterocycles. The Morgan fingerprint density at radius 1 is 1.28 bits per heavy atom. The normalized spacial score (nSPS) is 18.7. The number of hydrogen-bond donors (Lipinski definition) is 2. The average Bonchev–Trinajstić information content (AvgIpc) is 2.41. The zero-order valence-electron chi connectivity index (χ0n) is 11.4. The van der Waals surface area contributed by atoms with E-state index in [0.717, 1.165) is 12.5 Å². The van der Waals surface area contributed by atoms with E-state index in [1.807, 2.05) is 12.1 Å². The summed E-state index contributed by atoms with van der Waals surface area (Å²) in [4.78, 5) is 0. The highest BCUT2D eigenvalue weighted by atomic mass is 16.3. The Bertz CT molecular complexity index is 358. The summed E-state index contributed by atoms with van der Waals surface area (Å²) < 4.78 is 0. The van der Waals surface area contributed by atoms with Crippen molar-refractivity contribution in [2.24, 2.45) is 5.92 Å². The van der Waals surface area contributed by atoms with Crippen LogP contribution in [0.2, 0.25) is 0 Å². The Hall–Kier alpha value is -1.02. The Morgan fingerprint density at radius 2 is 2.06 bits per heavy atom. The number of nitrogens with one attached hydrogen (secondary N) is 1. The van der Waals surface area contributed by atoms with Crippen molar-refractivity contribution in [3.8, 4) is 5.75 Å². The summed E-state index contributed by atoms with van der Waals surface area (Å²) >= 11 is 0. The summed E-state index contributed by atoms with van der Waals surface area (Å²) in [5, 5.41) is 13.1. The van der Waals surface area contributed by atoms with Gasteiger partial charge < -0.3 is 10.4 Å². The number of hydrogen-bond acceptors (Lipinski definition) is 2. The highest BCUT2D eigenvalue weighted by Crippen LogP contribution is 2.27. The molecule has 2 rings (SSSR count). The first-order valence-corrected chi connectivity index (χ1v) is 7.31. The predicted octanol–water partition coefficient (Wildman–Crippen LogP) is 3.84. The molecule has 0 aromatic heterocycles. The van der Waals surface area contributed by atoms with Crippen LogP contribution in [-0.4, -0.2) is 11.1 Å². The van der Waals surface area contributed by atoms with Crippen LogP contribution in [0.3, 0.4) is 0 Å². The van der Waals surface area contributed by atoms with E-state index in [4.69, 9.17) is 0 Å². The van der Waals surface area contributed by atoms with E-state index in [1.54, 1.807) is 6.07 Å². The van der Waals surface area contributed by atoms with E-state index in [9.17, 15) is 5.11 Å². The molecule has 1 aromatic rings. The summed E-state index contributed by atoms with van der Waals surface area (Å²) in [7, 11) is 0. The van der Waals surface area contributed by atoms with Crippen molar-refractivity contribution in [1.29, 1.82) is 0 Å². The van der Waals surface area contributed by atoms with Gasteiger partial charge in [-0.25, -0.2) is 0 Å². The minimum Gasteiger partial charge on any atom is -0.508 e. The number of phenolic OH excluding ortho intramolecular Hbond substituents is 1. The Morgan fingerprint density at radius 3 is 2.72 bits per heavy atom. The smallest absolute Gasteiger partial charge is 0.115 e. The van der Waals surface area contributed by atoms with Crippen LogP contribution in [0.1, 0.15) is 51.0 Å². The second-order valence-electron chi connectivity index (χ2n) is 5.46. The van der Waals surface area contributed by atoms with Crippen LogP contribution in [0.15, 0.2) is 24.3 Å². The molecule has 1 aromatic carbocycles. The third-order valence-electron chi connectivity index (χ3n) is 4.14. The number of rotatable bonds is 5. The molecule has 18 heavy (non-hydrogen) atoms. The highest BCUT2D eigenvalue weighted by molar-refractivity contribution is 5.26. The molecule has 1 atom stereocenters. The van der Waals surface area contributed by atoms with Crippen LogP contribution < -0.4 is 5.32 Å². The van der Waals surface area contributed by atoms with Gasteiger partial charge in [0.05, 0.1) is 0 Å². The molecule has 2 N–H and O–H groups in total. The van der Waals surface area contributed by atoms with Crippen LogP contribution >= 0.6 is 0 Å². The fourth-order valence-corrected chi connectivity index (χ4v) is 3.10. The molecule has 1 unspecified atom stereocenters. The fraction of sp³-hybridized carbons (Fsp3) is 0.625. The first-order valence-electron chi connectivity index (χ1n) is 7.31. The number of benzene rings is 1. The van der Waals surface area contributed by atoms with Gasteiger partial charge in [0.1, 0.15) is 5.75 Å². The van der Waals surface area contributed by atoms with Gasteiger partial charge in [-0.05, 0) is 42.9 Å². The quantitative estimate of drug-likeness (QED) is 0.828. The molecule has 1 aliphatic carbocycles. The largest absolute Gasteiger partial charge is 0.508 e. The van der Waals surface area contributed by atoms with E-state index in [0.29, 0.717) is 11.8 Å². The Kier molecular flexibility index (Phi) is 5.06. The molecule has 0 spiro atoms. The van der Waals surface area contributed by atoms with Crippen molar-refractivity contribution in [2.45, 2.75) is 58.0 Å². The van der Waals surface area contributed by atoms with Crippen LogP contribution in [0.4, 0.5) is 0 Å². The van der Waals surface area contributed by atoms with Gasteiger partial charge in [0.25, 0.3) is 0 Å². The molecule has 0 heterocycles. The molecule has 1 fully saturated rings. The van der Waals surface area contributed by atoms with Gasteiger partial charge in [-0.1, -0.05) is 38.3 Å². The van der Waals surface area contributed by atoms with Crippen LogP contribution in [-0.2, 0) is 6.54 Å². The molecule has 1 saturated carbocycles. The van der Waals surface area contributed by atoms with Crippen LogP contribution in [0.25, 0.3) is 0 Å². The zero-order chi connectivity index (χ0) is 12.8. The predicted molar refractivity (Wildman–Crippen MR) is 75.6 cm³/mol. The first-order chi connectivity index (χ1) is 8.79. The van der Waals surface area contributed by atoms with Crippen molar-refractivity contribution < 1.29 is 5.11 Å². The molecule has 0 bridgehead atoms. The molecule has 0 saturated heterocycles. The highest BCUT2D eigenvalue weighted by Gasteiger charge is 2.21. The summed E-state index contributed by atoms with van der Waals surface area (Å²) in [6, 6.07) is 8.18. The van der Waals surface area contributed by atoms with Crippen molar-refractivity contribution in [2.75, 3.05) is 0 Å². The maximum atomic E-state index is 9.46. The molecular formula is C16H25NO. The molecule has 0 amide bonds. The van der Waals surface area contributed by atoms with Crippen molar-refractivity contribution in [3.05, 3.63) is 29.8 Å². The Balaban J connectivity index is 1.86. The summed E-state index contributed by atoms with van der Waals surface area (Å²) in [5.74, 6) is 1.21. The third kappa shape index (κ3) is 3.74. The second kappa shape index (κ2) is 6.79. The lowest BCUT2D eigenvalue weighted by molar-refractivity contribution is 0.261. The lowest BCUT2D eigenvalue weighted by Crippen LogP contribution is -2.36. The monoisotopic (exact) mass is 247 g/mol. The van der Waals surface area contributed by atoms with Crippen molar-refractivity contribution >= 4 is 0 Å². The molecule has 1 aliphatic rings. The van der Waals surface area contributed by atoms with Crippen LogP contribution in [0, 0.1) is 5.92 Å². The standard InChI is InChI=1S/C16H25NO/c1-2-16(14-8-4-3-5-9-14)17-12-13-7-6-10-15(18)11-13/h6-7,10-11,14,16-18H,2-5,8-9,12H2,1H3. The molecule has 2 nitrogen and oxygen atoms in total. The molecule has 2 heteroatoms. The van der Waals surface area contributed by atoms with Gasteiger partial charge in [-0.2, -0.15) is 0 Å². The van der Waals surface area contributed by atoms with Gasteiger partial charge in [0.15, 0.2) is 0 Å². The topological polar surface area (TPSA) is 32.3 Å². The lowest BCUT2D eigenvalue weighted by Gasteiger charge is -2.30. The minimum atomic E-state index is 0.361. The van der Waals surface area contributed by atoms with E-state index >= 15 is 0 Å². The average molecular weight is 247 g/mol. The van der Waals surface area contributed by atoms with Gasteiger partial charge in [-0.3, -0.25) is 0 Å². The lowest BCUT2D eigenvalue weighted by atomic mass is 9.83. The maximum absolute atomic E-state index is 9.46. The van der Waals surface area contributed by atoms with Gasteiger partial charge in [0, 0.05) is 12.6 Å². The SMILES string of the molecule is CCC(NCc1cccc(O)c1)C1CCCCC1. The zero-order valence-corrected chi connectivity index (χ0v) is 11.4. The summed E-state index contributed by atoms with van der Waals surface area (Å²) in [5.41, 5.74) is 1.17. The van der Waals surface area contributed by atoms with E-state index < -0.39 is 0 Å². The summed E-state index contributed by atoms with van der Waals surface area (Å²) in [6.45, 7) is 3.14. The Labute approximate surface area is 110 Å². The minimum absolute atomic E-state index is 0.361.